The van der Waals surface area contributed by atoms with Gasteiger partial charge in [-0.15, -0.1) is 0 Å². The number of aryl methyl sites for hydroxylation is 1. The molecule has 0 saturated carbocycles. The number of hydrogen-bond acceptors (Lipinski definition) is 3. The predicted octanol–water partition coefficient (Wildman–Crippen LogP) is 4.96. The Labute approximate surface area is 154 Å². The first-order valence-corrected chi connectivity index (χ1v) is 9.04. The van der Waals surface area contributed by atoms with Crippen molar-refractivity contribution < 1.29 is 9.32 Å². The van der Waals surface area contributed by atoms with Crippen LogP contribution in [0.5, 0.6) is 0 Å². The largest absolute Gasteiger partial charge is 0.355 e. The van der Waals surface area contributed by atoms with E-state index in [1.54, 1.807) is 6.07 Å². The van der Waals surface area contributed by atoms with E-state index < -0.39 is 0 Å². The van der Waals surface area contributed by atoms with Crippen LogP contribution in [0.15, 0.2) is 65.2 Å². The topological polar surface area (TPSA) is 55.1 Å². The standard InChI is InChI=1S/C22H24N2O2/c1-3-7-19(17-8-5-4-6-9-17)15-23-22(25)20-14-21(26-24-20)18-12-10-16(2)11-13-18/h4-6,8-14,19H,3,7,15H2,1-2H3,(H,23,25)/t19-/m0/s1. The van der Waals surface area contributed by atoms with Crippen molar-refractivity contribution in [1.82, 2.24) is 10.5 Å². The van der Waals surface area contributed by atoms with E-state index in [0.29, 0.717) is 23.9 Å². The fourth-order valence-corrected chi connectivity index (χ4v) is 3.00. The van der Waals surface area contributed by atoms with Crippen LogP contribution in [0.1, 0.15) is 47.3 Å². The Morgan fingerprint density at radius 3 is 2.54 bits per heavy atom. The van der Waals surface area contributed by atoms with Crippen molar-refractivity contribution in [2.45, 2.75) is 32.6 Å². The molecule has 0 spiro atoms. The van der Waals surface area contributed by atoms with Crippen molar-refractivity contribution in [2.75, 3.05) is 6.54 Å². The fourth-order valence-electron chi connectivity index (χ4n) is 3.00. The molecule has 1 N–H and O–H groups in total. The van der Waals surface area contributed by atoms with Crippen LogP contribution in [-0.2, 0) is 0 Å². The van der Waals surface area contributed by atoms with Gasteiger partial charge >= 0.3 is 0 Å². The van der Waals surface area contributed by atoms with Crippen LogP contribution in [0.3, 0.4) is 0 Å². The molecule has 1 heterocycles. The first-order valence-electron chi connectivity index (χ1n) is 9.04. The van der Waals surface area contributed by atoms with Crippen molar-refractivity contribution in [2.24, 2.45) is 0 Å². The van der Waals surface area contributed by atoms with Gasteiger partial charge in [0.25, 0.3) is 5.91 Å². The molecule has 1 atom stereocenters. The molecule has 0 fully saturated rings. The molecule has 0 bridgehead atoms. The van der Waals surface area contributed by atoms with Gasteiger partial charge in [0.1, 0.15) is 0 Å². The Morgan fingerprint density at radius 2 is 1.85 bits per heavy atom. The first kappa shape index (κ1) is 17.9. The van der Waals surface area contributed by atoms with Gasteiger partial charge in [-0.1, -0.05) is 78.7 Å². The van der Waals surface area contributed by atoms with E-state index in [9.17, 15) is 4.79 Å². The average molecular weight is 348 g/mol. The van der Waals surface area contributed by atoms with Gasteiger partial charge in [0.2, 0.25) is 0 Å². The third kappa shape index (κ3) is 4.39. The normalized spacial score (nSPS) is 11.9. The molecule has 0 unspecified atom stereocenters. The van der Waals surface area contributed by atoms with Crippen molar-refractivity contribution in [3.63, 3.8) is 0 Å². The zero-order valence-electron chi connectivity index (χ0n) is 15.2. The Hall–Kier alpha value is -2.88. The van der Waals surface area contributed by atoms with E-state index >= 15 is 0 Å². The Balaban J connectivity index is 1.65. The summed E-state index contributed by atoms with van der Waals surface area (Å²) in [5, 5.41) is 6.92. The fraction of sp³-hybridized carbons (Fsp3) is 0.273. The van der Waals surface area contributed by atoms with E-state index in [2.05, 4.69) is 29.5 Å². The lowest BCUT2D eigenvalue weighted by Crippen LogP contribution is -2.28. The molecule has 4 nitrogen and oxygen atoms in total. The highest BCUT2D eigenvalue weighted by atomic mass is 16.5. The molecular formula is C22H24N2O2. The minimum atomic E-state index is -0.204. The zero-order valence-corrected chi connectivity index (χ0v) is 15.2. The quantitative estimate of drug-likeness (QED) is 0.656. The Bertz CT molecular complexity index is 838. The van der Waals surface area contributed by atoms with Gasteiger partial charge in [0.05, 0.1) is 0 Å². The minimum absolute atomic E-state index is 0.204. The molecule has 3 aromatic rings. The molecule has 1 amide bonds. The highest BCUT2D eigenvalue weighted by Crippen LogP contribution is 2.22. The molecule has 3 rings (SSSR count). The van der Waals surface area contributed by atoms with Gasteiger partial charge in [0, 0.05) is 24.1 Å². The molecule has 1 aromatic heterocycles. The lowest BCUT2D eigenvalue weighted by molar-refractivity contribution is 0.0941. The van der Waals surface area contributed by atoms with Crippen LogP contribution < -0.4 is 5.32 Å². The number of carbonyl (C=O) groups is 1. The van der Waals surface area contributed by atoms with Crippen LogP contribution in [-0.4, -0.2) is 17.6 Å². The number of nitrogens with one attached hydrogen (secondary N) is 1. The molecule has 26 heavy (non-hydrogen) atoms. The third-order valence-electron chi connectivity index (χ3n) is 4.50. The average Bonchev–Trinajstić information content (AvgIpc) is 3.16. The summed E-state index contributed by atoms with van der Waals surface area (Å²) in [5.41, 5.74) is 3.64. The number of aromatic nitrogens is 1. The van der Waals surface area contributed by atoms with E-state index in [1.807, 2.05) is 49.4 Å². The SMILES string of the molecule is CCC[C@@H](CNC(=O)c1cc(-c2ccc(C)cc2)on1)c1ccccc1. The maximum atomic E-state index is 12.4. The van der Waals surface area contributed by atoms with E-state index in [0.717, 1.165) is 18.4 Å². The van der Waals surface area contributed by atoms with E-state index in [-0.39, 0.29) is 5.91 Å². The summed E-state index contributed by atoms with van der Waals surface area (Å²) in [7, 11) is 0. The number of carbonyl (C=O) groups excluding carboxylic acids is 1. The summed E-state index contributed by atoms with van der Waals surface area (Å²) in [5.74, 6) is 0.695. The highest BCUT2D eigenvalue weighted by molar-refractivity contribution is 5.93. The summed E-state index contributed by atoms with van der Waals surface area (Å²) >= 11 is 0. The minimum Gasteiger partial charge on any atom is -0.355 e. The van der Waals surface area contributed by atoms with E-state index in [4.69, 9.17) is 4.52 Å². The number of rotatable bonds is 7. The Kier molecular flexibility index (Phi) is 5.84. The van der Waals surface area contributed by atoms with Crippen molar-refractivity contribution in [1.29, 1.82) is 0 Å². The maximum absolute atomic E-state index is 12.4. The molecule has 0 aliphatic carbocycles. The van der Waals surface area contributed by atoms with Crippen LogP contribution in [0.4, 0.5) is 0 Å². The summed E-state index contributed by atoms with van der Waals surface area (Å²) < 4.78 is 5.34. The monoisotopic (exact) mass is 348 g/mol. The number of nitrogens with zero attached hydrogens (tertiary/aromatic N) is 1. The molecule has 0 aliphatic rings. The summed E-state index contributed by atoms with van der Waals surface area (Å²) in [6.07, 6.45) is 2.09. The van der Waals surface area contributed by atoms with Gasteiger partial charge in [-0.2, -0.15) is 0 Å². The summed E-state index contributed by atoms with van der Waals surface area (Å²) in [4.78, 5) is 12.4. The lowest BCUT2D eigenvalue weighted by Gasteiger charge is -2.17. The second-order valence-corrected chi connectivity index (χ2v) is 6.55. The number of benzene rings is 2. The van der Waals surface area contributed by atoms with Gasteiger partial charge < -0.3 is 9.84 Å². The van der Waals surface area contributed by atoms with Crippen molar-refractivity contribution in [3.05, 3.63) is 77.5 Å². The van der Waals surface area contributed by atoms with Gasteiger partial charge in [-0.05, 0) is 18.9 Å². The number of hydrogen-bond donors (Lipinski definition) is 1. The Morgan fingerprint density at radius 1 is 1.12 bits per heavy atom. The van der Waals surface area contributed by atoms with Crippen molar-refractivity contribution in [3.8, 4) is 11.3 Å². The molecule has 0 aliphatic heterocycles. The maximum Gasteiger partial charge on any atom is 0.273 e. The molecular weight excluding hydrogens is 324 g/mol. The van der Waals surface area contributed by atoms with Crippen LogP contribution in [0, 0.1) is 6.92 Å². The zero-order chi connectivity index (χ0) is 18.4. The lowest BCUT2D eigenvalue weighted by atomic mass is 9.94. The second-order valence-electron chi connectivity index (χ2n) is 6.55. The van der Waals surface area contributed by atoms with Gasteiger partial charge in [0.15, 0.2) is 11.5 Å². The van der Waals surface area contributed by atoms with Gasteiger partial charge in [-0.25, -0.2) is 0 Å². The summed E-state index contributed by atoms with van der Waals surface area (Å²) in [6, 6.07) is 19.9. The van der Waals surface area contributed by atoms with Crippen LogP contribution in [0.2, 0.25) is 0 Å². The molecule has 2 aromatic carbocycles. The van der Waals surface area contributed by atoms with Gasteiger partial charge in [-0.3, -0.25) is 4.79 Å². The molecule has 0 saturated heterocycles. The molecule has 134 valence electrons. The highest BCUT2D eigenvalue weighted by Gasteiger charge is 2.16. The van der Waals surface area contributed by atoms with Crippen molar-refractivity contribution >= 4 is 5.91 Å². The summed E-state index contributed by atoms with van der Waals surface area (Å²) in [6.45, 7) is 4.77. The smallest absolute Gasteiger partial charge is 0.273 e. The van der Waals surface area contributed by atoms with Crippen LogP contribution in [0.25, 0.3) is 11.3 Å². The predicted molar refractivity (Wildman–Crippen MR) is 103 cm³/mol. The molecule has 4 heteroatoms. The second kappa shape index (κ2) is 8.48. The van der Waals surface area contributed by atoms with Crippen LogP contribution >= 0.6 is 0 Å². The third-order valence-corrected chi connectivity index (χ3v) is 4.50. The first-order chi connectivity index (χ1) is 12.7. The number of amides is 1. The van der Waals surface area contributed by atoms with E-state index in [1.165, 1.54) is 11.1 Å². The molecule has 0 radical (unpaired) electrons.